The average Bonchev–Trinajstić information content (AvgIpc) is 2.50. The zero-order chi connectivity index (χ0) is 16.9. The lowest BCUT2D eigenvalue weighted by atomic mass is 9.73. The van der Waals surface area contributed by atoms with Gasteiger partial charge in [0.1, 0.15) is 0 Å². The Morgan fingerprint density at radius 2 is 0.792 bits per heavy atom. The van der Waals surface area contributed by atoms with Gasteiger partial charge in [-0.2, -0.15) is 0 Å². The molecule has 1 aliphatic rings. The first kappa shape index (κ1) is 13.7. The first-order valence-electron chi connectivity index (χ1n) is 8.22. The van der Waals surface area contributed by atoms with Crippen molar-refractivity contribution in [3.63, 3.8) is 0 Å². The van der Waals surface area contributed by atoms with Crippen LogP contribution < -0.4 is 0 Å². The molecular formula is C22H16O2. The summed E-state index contributed by atoms with van der Waals surface area (Å²) in [5.74, 6) is 0.0130. The quantitative estimate of drug-likeness (QED) is 0.408. The van der Waals surface area contributed by atoms with Crippen LogP contribution in [0.1, 0.15) is 54.1 Å². The molecule has 0 unspecified atom stereocenters. The molecule has 0 radical (unpaired) electrons. The van der Waals surface area contributed by atoms with Gasteiger partial charge in [0.05, 0.1) is 0 Å². The number of benzene rings is 6. The molecule has 7 rings (SSSR count). The summed E-state index contributed by atoms with van der Waals surface area (Å²) in [7, 11) is 0. The van der Waals surface area contributed by atoms with Crippen molar-refractivity contribution in [2.75, 3.05) is 0 Å². The highest BCUT2D eigenvalue weighted by atomic mass is 16.1. The Morgan fingerprint density at radius 1 is 0.500 bits per heavy atom. The van der Waals surface area contributed by atoms with Gasteiger partial charge >= 0.3 is 0 Å². The molecule has 24 heavy (non-hydrogen) atoms. The number of hydrogen-bond acceptors (Lipinski definition) is 2. The van der Waals surface area contributed by atoms with Gasteiger partial charge in [-0.05, 0) is 71.5 Å². The first-order valence-corrected chi connectivity index (χ1v) is 8.22. The second-order valence-electron chi connectivity index (χ2n) is 7.13. The van der Waals surface area contributed by atoms with Crippen molar-refractivity contribution in [3.8, 4) is 0 Å². The zero-order valence-electron chi connectivity index (χ0n) is 14.1. The maximum absolute atomic E-state index is 13.4. The molecule has 0 heterocycles. The first-order chi connectivity index (χ1) is 11.4. The van der Waals surface area contributed by atoms with Crippen molar-refractivity contribution in [2.24, 2.45) is 0 Å². The third-order valence-electron chi connectivity index (χ3n) is 5.55. The van der Waals surface area contributed by atoms with Crippen molar-refractivity contribution in [2.45, 2.75) is 27.7 Å². The van der Waals surface area contributed by atoms with E-state index in [0.717, 1.165) is 43.8 Å². The van der Waals surface area contributed by atoms with Crippen LogP contribution in [0.25, 0.3) is 21.5 Å². The Hall–Kier alpha value is -2.74. The highest BCUT2D eigenvalue weighted by Gasteiger charge is 2.37. The SMILES string of the molecule is Cc1cc2cc(C)c1c1c2C(=O)c2c(c3cc(C)c2c(C)c3)C1=O. The fourth-order valence-corrected chi connectivity index (χ4v) is 4.74. The molecule has 0 spiro atoms. The number of rotatable bonds is 0. The van der Waals surface area contributed by atoms with Crippen LogP contribution in [0.2, 0.25) is 0 Å². The van der Waals surface area contributed by atoms with Crippen molar-refractivity contribution in [1.29, 1.82) is 0 Å². The highest BCUT2D eigenvalue weighted by molar-refractivity contribution is 6.38. The second-order valence-corrected chi connectivity index (χ2v) is 7.13. The lowest BCUT2D eigenvalue weighted by molar-refractivity contribution is 0.0983. The summed E-state index contributed by atoms with van der Waals surface area (Å²) in [6, 6.07) is 8.12. The van der Waals surface area contributed by atoms with Crippen LogP contribution in [0.15, 0.2) is 24.3 Å². The van der Waals surface area contributed by atoms with E-state index >= 15 is 0 Å². The number of ketones is 2. The van der Waals surface area contributed by atoms with Gasteiger partial charge < -0.3 is 0 Å². The van der Waals surface area contributed by atoms with Crippen molar-refractivity contribution >= 4 is 33.1 Å². The predicted octanol–water partition coefficient (Wildman–Crippen LogP) is 4.88. The minimum Gasteiger partial charge on any atom is -0.289 e. The van der Waals surface area contributed by atoms with E-state index in [2.05, 4.69) is 0 Å². The number of hydrogen-bond donors (Lipinski definition) is 0. The van der Waals surface area contributed by atoms with Crippen LogP contribution in [0.3, 0.4) is 0 Å². The third kappa shape index (κ3) is 1.34. The van der Waals surface area contributed by atoms with Crippen LogP contribution in [-0.4, -0.2) is 11.6 Å². The molecule has 6 aromatic carbocycles. The zero-order valence-corrected chi connectivity index (χ0v) is 14.1. The van der Waals surface area contributed by atoms with Gasteiger partial charge in [-0.3, -0.25) is 9.59 Å². The van der Waals surface area contributed by atoms with Crippen molar-refractivity contribution in [1.82, 2.24) is 0 Å². The number of carbonyl (C=O) groups is 2. The van der Waals surface area contributed by atoms with Crippen LogP contribution in [0.4, 0.5) is 0 Å². The molecule has 1 aliphatic carbocycles. The minimum atomic E-state index is 0.00648. The molecule has 0 aromatic heterocycles. The molecule has 116 valence electrons. The molecule has 2 heteroatoms. The van der Waals surface area contributed by atoms with Crippen molar-refractivity contribution in [3.05, 3.63) is 68.8 Å². The number of carbonyl (C=O) groups excluding carboxylic acids is 2. The van der Waals surface area contributed by atoms with Gasteiger partial charge in [0.25, 0.3) is 0 Å². The predicted molar refractivity (Wildman–Crippen MR) is 96.1 cm³/mol. The van der Waals surface area contributed by atoms with Crippen LogP contribution in [-0.2, 0) is 0 Å². The fraction of sp³-hybridized carbons (Fsp3) is 0.182. The summed E-state index contributed by atoms with van der Waals surface area (Å²) in [6.07, 6.45) is 0. The topological polar surface area (TPSA) is 34.1 Å². The van der Waals surface area contributed by atoms with Crippen molar-refractivity contribution < 1.29 is 9.59 Å². The fourth-order valence-electron chi connectivity index (χ4n) is 4.74. The largest absolute Gasteiger partial charge is 0.289 e. The van der Waals surface area contributed by atoms with Gasteiger partial charge in [-0.1, -0.05) is 24.3 Å². The summed E-state index contributed by atoms with van der Waals surface area (Å²) in [5, 5.41) is 3.65. The maximum atomic E-state index is 13.4. The Kier molecular flexibility index (Phi) is 2.29. The standard InChI is InChI=1S/C22H16O2/c1-9-5-13-6-10(2)15(9)19-17(13)22(24)20-16-11(3)7-14(8-12(16)4)18(20)21(19)23/h5-8H,1-4H3. The Morgan fingerprint density at radius 3 is 1.08 bits per heavy atom. The molecule has 6 aromatic rings. The summed E-state index contributed by atoms with van der Waals surface area (Å²) < 4.78 is 0. The number of aryl methyl sites for hydroxylation is 4. The average molecular weight is 312 g/mol. The highest BCUT2D eigenvalue weighted by Crippen LogP contribution is 2.43. The van der Waals surface area contributed by atoms with Gasteiger partial charge in [-0.25, -0.2) is 0 Å². The van der Waals surface area contributed by atoms with E-state index in [4.69, 9.17) is 0 Å². The molecule has 2 nitrogen and oxygen atoms in total. The Bertz CT molecular complexity index is 1060. The summed E-state index contributed by atoms with van der Waals surface area (Å²) in [5.41, 5.74) is 6.74. The summed E-state index contributed by atoms with van der Waals surface area (Å²) in [6.45, 7) is 8.06. The lowest BCUT2D eigenvalue weighted by Crippen LogP contribution is -2.25. The summed E-state index contributed by atoms with van der Waals surface area (Å²) in [4.78, 5) is 26.7. The van der Waals surface area contributed by atoms with Crippen LogP contribution in [0.5, 0.6) is 0 Å². The van der Waals surface area contributed by atoms with E-state index in [-0.39, 0.29) is 11.6 Å². The van der Waals surface area contributed by atoms with E-state index in [1.807, 2.05) is 52.0 Å². The van der Waals surface area contributed by atoms with E-state index in [0.29, 0.717) is 22.3 Å². The molecule has 0 atom stereocenters. The van der Waals surface area contributed by atoms with E-state index in [1.54, 1.807) is 0 Å². The van der Waals surface area contributed by atoms with Crippen LogP contribution in [0, 0.1) is 27.7 Å². The van der Waals surface area contributed by atoms with Gasteiger partial charge in [0.15, 0.2) is 11.6 Å². The van der Waals surface area contributed by atoms with Gasteiger partial charge in [0.2, 0.25) is 0 Å². The normalized spacial score (nSPS) is 14.0. The molecule has 0 saturated carbocycles. The molecule has 0 N–H and O–H groups in total. The lowest BCUT2D eigenvalue weighted by Gasteiger charge is -2.27. The van der Waals surface area contributed by atoms with Gasteiger partial charge in [-0.15, -0.1) is 0 Å². The number of fused-ring (bicyclic) bond motifs is 4. The van der Waals surface area contributed by atoms with E-state index < -0.39 is 0 Å². The maximum Gasteiger partial charge on any atom is 0.195 e. The molecule has 0 fully saturated rings. The van der Waals surface area contributed by atoms with E-state index in [9.17, 15) is 9.59 Å². The Balaban J connectivity index is 2.01. The molecule has 0 saturated heterocycles. The van der Waals surface area contributed by atoms with E-state index in [1.165, 1.54) is 0 Å². The van der Waals surface area contributed by atoms with Gasteiger partial charge in [0, 0.05) is 22.3 Å². The minimum absolute atomic E-state index is 0.00648. The summed E-state index contributed by atoms with van der Waals surface area (Å²) >= 11 is 0. The smallest absolute Gasteiger partial charge is 0.195 e. The molecular weight excluding hydrogens is 296 g/mol. The third-order valence-corrected chi connectivity index (χ3v) is 5.55. The molecule has 0 amide bonds. The Labute approximate surface area is 139 Å². The molecule has 0 aliphatic heterocycles. The monoisotopic (exact) mass is 312 g/mol. The second kappa shape index (κ2) is 4.02. The van der Waals surface area contributed by atoms with Crippen LogP contribution >= 0.6 is 0 Å². The molecule has 4 bridgehead atoms.